The fourth-order valence-electron chi connectivity index (χ4n) is 2.09. The van der Waals surface area contributed by atoms with Gasteiger partial charge in [-0.2, -0.15) is 0 Å². The van der Waals surface area contributed by atoms with Gasteiger partial charge in [0.05, 0.1) is 8.68 Å². The minimum atomic E-state index is -3.42. The zero-order valence-corrected chi connectivity index (χ0v) is 14.3. The number of hydrogen-bond donors (Lipinski definition) is 1. The van der Waals surface area contributed by atoms with Crippen molar-refractivity contribution >= 4 is 37.3 Å². The fourth-order valence-corrected chi connectivity index (χ4v) is 5.70. The Balaban J connectivity index is 2.07. The molecular formula is C12H18BrNO3S2. The number of rotatable bonds is 4. The van der Waals surface area contributed by atoms with Crippen LogP contribution in [0.4, 0.5) is 0 Å². The maximum Gasteiger partial charge on any atom is 0.241 e. The van der Waals surface area contributed by atoms with Gasteiger partial charge in [0.1, 0.15) is 0 Å². The molecule has 1 saturated heterocycles. The predicted octanol–water partition coefficient (Wildman–Crippen LogP) is 2.91. The van der Waals surface area contributed by atoms with Crippen LogP contribution >= 0.6 is 27.3 Å². The third kappa shape index (κ3) is 3.78. The predicted molar refractivity (Wildman–Crippen MR) is 80.1 cm³/mol. The maximum absolute atomic E-state index is 12.3. The summed E-state index contributed by atoms with van der Waals surface area (Å²) < 4.78 is 33.5. The summed E-state index contributed by atoms with van der Waals surface area (Å²) in [6, 6.07) is 1.66. The number of hydrogen-bond acceptors (Lipinski definition) is 4. The molecule has 0 atom stereocenters. The van der Waals surface area contributed by atoms with Crippen LogP contribution in [0.1, 0.15) is 24.6 Å². The number of thiophene rings is 1. The molecule has 7 heteroatoms. The van der Waals surface area contributed by atoms with E-state index in [1.165, 1.54) is 11.3 Å². The summed E-state index contributed by atoms with van der Waals surface area (Å²) in [5.41, 5.74) is -0.00746. The largest absolute Gasteiger partial charge is 0.381 e. The molecule has 1 N–H and O–H groups in total. The second-order valence-electron chi connectivity index (χ2n) is 5.22. The van der Waals surface area contributed by atoms with Crippen LogP contribution in [0.25, 0.3) is 0 Å². The Hall–Kier alpha value is 0.0500. The summed E-state index contributed by atoms with van der Waals surface area (Å²) in [6.45, 7) is 5.81. The van der Waals surface area contributed by atoms with E-state index in [1.807, 2.05) is 6.92 Å². The van der Waals surface area contributed by atoms with Crippen LogP contribution in [-0.2, 0) is 14.8 Å². The Kier molecular flexibility index (Phi) is 4.72. The Labute approximate surface area is 126 Å². The molecular weight excluding hydrogens is 350 g/mol. The van der Waals surface area contributed by atoms with Gasteiger partial charge in [-0.15, -0.1) is 11.3 Å². The summed E-state index contributed by atoms with van der Waals surface area (Å²) in [7, 11) is -3.42. The van der Waals surface area contributed by atoms with Crippen molar-refractivity contribution in [2.45, 2.75) is 31.6 Å². The average Bonchev–Trinajstić information content (AvgIpc) is 2.68. The molecule has 1 fully saturated rings. The monoisotopic (exact) mass is 367 g/mol. The summed E-state index contributed by atoms with van der Waals surface area (Å²) in [4.78, 5) is 1.18. The molecule has 0 saturated carbocycles. The number of sulfonamides is 1. The number of halogens is 1. The third-order valence-electron chi connectivity index (χ3n) is 3.52. The van der Waals surface area contributed by atoms with E-state index in [0.29, 0.717) is 24.7 Å². The number of ether oxygens (including phenoxy) is 1. The zero-order valence-electron chi connectivity index (χ0n) is 11.0. The van der Waals surface area contributed by atoms with Crippen molar-refractivity contribution in [1.29, 1.82) is 0 Å². The van der Waals surface area contributed by atoms with Gasteiger partial charge in [-0.05, 0) is 47.2 Å². The highest BCUT2D eigenvalue weighted by Gasteiger charge is 2.30. The Morgan fingerprint density at radius 1 is 1.47 bits per heavy atom. The normalized spacial score (nSPS) is 19.5. The SMILES string of the molecule is Cc1sc(Br)cc1S(=O)(=O)NCC1(C)CCOCC1. The molecule has 4 nitrogen and oxygen atoms in total. The minimum absolute atomic E-state index is 0.00746. The van der Waals surface area contributed by atoms with E-state index in [-0.39, 0.29) is 5.41 Å². The first-order valence-electron chi connectivity index (χ1n) is 6.16. The van der Waals surface area contributed by atoms with Gasteiger partial charge in [0.2, 0.25) is 10.0 Å². The molecule has 108 valence electrons. The van der Waals surface area contributed by atoms with E-state index in [4.69, 9.17) is 4.74 Å². The highest BCUT2D eigenvalue weighted by atomic mass is 79.9. The Morgan fingerprint density at radius 3 is 2.63 bits per heavy atom. The Bertz CT molecular complexity index is 547. The zero-order chi connectivity index (χ0) is 14.1. The lowest BCUT2D eigenvalue weighted by molar-refractivity contribution is 0.0264. The first-order chi connectivity index (χ1) is 8.82. The molecule has 1 aromatic heterocycles. The number of aryl methyl sites for hydroxylation is 1. The average molecular weight is 368 g/mol. The molecule has 2 rings (SSSR count). The summed E-state index contributed by atoms with van der Waals surface area (Å²) in [6.07, 6.45) is 1.78. The van der Waals surface area contributed by atoms with E-state index in [9.17, 15) is 8.42 Å². The highest BCUT2D eigenvalue weighted by molar-refractivity contribution is 9.11. The smallest absolute Gasteiger partial charge is 0.241 e. The Morgan fingerprint density at radius 2 is 2.11 bits per heavy atom. The molecule has 19 heavy (non-hydrogen) atoms. The first-order valence-corrected chi connectivity index (χ1v) is 9.25. The second kappa shape index (κ2) is 5.81. The lowest BCUT2D eigenvalue weighted by Crippen LogP contribution is -2.39. The quantitative estimate of drug-likeness (QED) is 0.889. The van der Waals surface area contributed by atoms with Gasteiger partial charge < -0.3 is 4.74 Å². The van der Waals surface area contributed by atoms with E-state index in [1.54, 1.807) is 6.07 Å². The molecule has 0 amide bonds. The van der Waals surface area contributed by atoms with Gasteiger partial charge in [-0.3, -0.25) is 0 Å². The fraction of sp³-hybridized carbons (Fsp3) is 0.667. The molecule has 0 unspecified atom stereocenters. The van der Waals surface area contributed by atoms with Crippen LogP contribution in [0.3, 0.4) is 0 Å². The molecule has 0 aliphatic carbocycles. The third-order valence-corrected chi connectivity index (χ3v) is 6.73. The van der Waals surface area contributed by atoms with Crippen molar-refractivity contribution in [3.63, 3.8) is 0 Å². The van der Waals surface area contributed by atoms with Gasteiger partial charge in [-0.1, -0.05) is 6.92 Å². The van der Waals surface area contributed by atoms with Crippen LogP contribution in [-0.4, -0.2) is 28.2 Å². The standard InChI is InChI=1S/C12H18BrNO3S2/c1-9-10(7-11(13)18-9)19(15,16)14-8-12(2)3-5-17-6-4-12/h7,14H,3-6,8H2,1-2H3. The van der Waals surface area contributed by atoms with Crippen molar-refractivity contribution in [1.82, 2.24) is 4.72 Å². The molecule has 2 heterocycles. The van der Waals surface area contributed by atoms with Gasteiger partial charge in [-0.25, -0.2) is 13.1 Å². The van der Waals surface area contributed by atoms with E-state index < -0.39 is 10.0 Å². The van der Waals surface area contributed by atoms with Crippen molar-refractivity contribution in [3.05, 3.63) is 14.7 Å². The van der Waals surface area contributed by atoms with Gasteiger partial charge in [0, 0.05) is 24.6 Å². The van der Waals surface area contributed by atoms with Crippen LogP contribution < -0.4 is 4.72 Å². The number of nitrogens with one attached hydrogen (secondary N) is 1. The van der Waals surface area contributed by atoms with Crippen molar-refractivity contribution in [2.75, 3.05) is 19.8 Å². The minimum Gasteiger partial charge on any atom is -0.381 e. The molecule has 1 aliphatic rings. The highest BCUT2D eigenvalue weighted by Crippen LogP contribution is 2.32. The first kappa shape index (κ1) is 15.4. The summed E-state index contributed by atoms with van der Waals surface area (Å²) in [5.74, 6) is 0. The van der Waals surface area contributed by atoms with E-state index >= 15 is 0 Å². The van der Waals surface area contributed by atoms with E-state index in [2.05, 4.69) is 27.6 Å². The topological polar surface area (TPSA) is 55.4 Å². The van der Waals surface area contributed by atoms with Crippen molar-refractivity contribution in [2.24, 2.45) is 5.41 Å². The summed E-state index contributed by atoms with van der Waals surface area (Å²) in [5, 5.41) is 0. The molecule has 0 bridgehead atoms. The van der Waals surface area contributed by atoms with Crippen molar-refractivity contribution < 1.29 is 13.2 Å². The van der Waals surface area contributed by atoms with Gasteiger partial charge in [0.15, 0.2) is 0 Å². The molecule has 0 spiro atoms. The molecule has 0 radical (unpaired) electrons. The van der Waals surface area contributed by atoms with Crippen LogP contribution in [0.5, 0.6) is 0 Å². The van der Waals surface area contributed by atoms with Gasteiger partial charge >= 0.3 is 0 Å². The van der Waals surface area contributed by atoms with Crippen LogP contribution in [0.2, 0.25) is 0 Å². The molecule has 0 aromatic carbocycles. The molecule has 1 aliphatic heterocycles. The van der Waals surface area contributed by atoms with E-state index in [0.717, 1.165) is 21.5 Å². The maximum atomic E-state index is 12.3. The second-order valence-corrected chi connectivity index (χ2v) is 9.59. The molecule has 1 aromatic rings. The van der Waals surface area contributed by atoms with Crippen LogP contribution in [0.15, 0.2) is 14.7 Å². The lowest BCUT2D eigenvalue weighted by atomic mass is 9.83. The van der Waals surface area contributed by atoms with Gasteiger partial charge in [0.25, 0.3) is 0 Å². The summed E-state index contributed by atoms with van der Waals surface area (Å²) >= 11 is 4.76. The van der Waals surface area contributed by atoms with Crippen LogP contribution in [0, 0.1) is 12.3 Å². The van der Waals surface area contributed by atoms with Crippen molar-refractivity contribution in [3.8, 4) is 0 Å². The lowest BCUT2D eigenvalue weighted by Gasteiger charge is -2.33.